The molecule has 0 saturated heterocycles. The van der Waals surface area contributed by atoms with E-state index in [4.69, 9.17) is 0 Å². The zero-order valence-corrected chi connectivity index (χ0v) is 9.65. The molecule has 0 spiro atoms. The maximum absolute atomic E-state index is 2.21. The summed E-state index contributed by atoms with van der Waals surface area (Å²) in [5.74, 6) is 0. The monoisotopic (exact) mass is 286 g/mol. The topological polar surface area (TPSA) is 0 Å². The van der Waals surface area contributed by atoms with E-state index in [1.165, 1.54) is 0 Å². The molecule has 0 atom stereocenters. The Morgan fingerprint density at radius 2 is 1.14 bits per heavy atom. The SMILES string of the molecule is C[CH-]C.C[SiH]C.[W]. The van der Waals surface area contributed by atoms with E-state index >= 15 is 0 Å². The van der Waals surface area contributed by atoms with Crippen molar-refractivity contribution in [2.45, 2.75) is 26.9 Å². The van der Waals surface area contributed by atoms with Gasteiger partial charge in [0.1, 0.15) is 0 Å². The molecule has 0 fully saturated rings. The summed E-state index contributed by atoms with van der Waals surface area (Å²) in [7, 11) is 0.750. The summed E-state index contributed by atoms with van der Waals surface area (Å²) in [6, 6.07) is 0. The van der Waals surface area contributed by atoms with Crippen molar-refractivity contribution >= 4 is 9.52 Å². The minimum absolute atomic E-state index is 0. The van der Waals surface area contributed by atoms with Crippen molar-refractivity contribution in [3.63, 3.8) is 0 Å². The predicted molar refractivity (Wildman–Crippen MR) is 34.5 cm³/mol. The number of hydrogen-bond donors (Lipinski definition) is 0. The van der Waals surface area contributed by atoms with Crippen LogP contribution in [0.2, 0.25) is 13.1 Å². The molecule has 0 amide bonds. The second kappa shape index (κ2) is 28.5. The Kier molecular flexibility index (Phi) is 63.8. The fourth-order valence-corrected chi connectivity index (χ4v) is 0. The van der Waals surface area contributed by atoms with Gasteiger partial charge >= 0.3 is 0 Å². The molecule has 1 radical (unpaired) electrons. The van der Waals surface area contributed by atoms with Crippen LogP contribution in [0.5, 0.6) is 0 Å². The average Bonchev–Trinajstić information content (AvgIpc) is 1.39. The quantitative estimate of drug-likeness (QED) is 0.470. The molecule has 0 heterocycles. The van der Waals surface area contributed by atoms with Gasteiger partial charge in [0.25, 0.3) is 0 Å². The first-order valence-corrected chi connectivity index (χ1v) is 4.62. The zero-order chi connectivity index (χ0) is 5.41. The molecule has 0 bridgehead atoms. The summed E-state index contributed by atoms with van der Waals surface area (Å²) in [4.78, 5) is 0. The Bertz CT molecular complexity index is 10.0. The first-order valence-electron chi connectivity index (χ1n) is 2.31. The first-order chi connectivity index (χ1) is 2.83. The molecule has 0 saturated carbocycles. The number of hydrogen-bond acceptors (Lipinski definition) is 0. The van der Waals surface area contributed by atoms with Crippen molar-refractivity contribution < 1.29 is 21.1 Å². The van der Waals surface area contributed by atoms with Gasteiger partial charge in [-0.3, -0.25) is 0 Å². The summed E-state index contributed by atoms with van der Waals surface area (Å²) < 4.78 is 0. The third-order valence-corrected chi connectivity index (χ3v) is 0. The van der Waals surface area contributed by atoms with Crippen LogP contribution in [0.25, 0.3) is 0 Å². The standard InChI is InChI=1S/C3H7.C2H7Si.W/c2*1-3-2;/h2*3H,1-2H3;/q-1;;. The summed E-state index contributed by atoms with van der Waals surface area (Å²) >= 11 is 0. The summed E-state index contributed by atoms with van der Waals surface area (Å²) in [6.07, 6.45) is 2.00. The van der Waals surface area contributed by atoms with Gasteiger partial charge in [-0.2, -0.15) is 13.8 Å². The molecule has 0 aliphatic rings. The van der Waals surface area contributed by atoms with Crippen molar-refractivity contribution in [2.75, 3.05) is 0 Å². The molecule has 0 aliphatic heterocycles. The van der Waals surface area contributed by atoms with E-state index in [9.17, 15) is 0 Å². The van der Waals surface area contributed by atoms with Crippen LogP contribution in [0.15, 0.2) is 0 Å². The van der Waals surface area contributed by atoms with E-state index in [1.54, 1.807) is 0 Å². The zero-order valence-electron chi connectivity index (χ0n) is 5.56. The molecular formula is C5H14SiW-. The second-order valence-corrected chi connectivity index (χ2v) is 2.31. The fraction of sp³-hybridized carbons (Fsp3) is 0.800. The normalized spacial score (nSPS) is 5.14. The van der Waals surface area contributed by atoms with Gasteiger partial charge in [0, 0.05) is 30.6 Å². The van der Waals surface area contributed by atoms with Gasteiger partial charge in [0.05, 0.1) is 0 Å². The van der Waals surface area contributed by atoms with Crippen molar-refractivity contribution in [1.82, 2.24) is 0 Å². The average molecular weight is 286 g/mol. The van der Waals surface area contributed by atoms with Crippen LogP contribution in [0, 0.1) is 6.42 Å². The smallest absolute Gasteiger partial charge is 0.0213 e. The van der Waals surface area contributed by atoms with Gasteiger partial charge in [-0.25, -0.2) is 0 Å². The van der Waals surface area contributed by atoms with Gasteiger partial charge in [-0.15, -0.1) is 0 Å². The summed E-state index contributed by atoms with van der Waals surface area (Å²) in [5.41, 5.74) is 0. The van der Waals surface area contributed by atoms with E-state index in [-0.39, 0.29) is 21.1 Å². The van der Waals surface area contributed by atoms with E-state index in [2.05, 4.69) is 13.1 Å². The maximum atomic E-state index is 2.21. The van der Waals surface area contributed by atoms with E-state index in [0.717, 1.165) is 9.52 Å². The molecular weight excluding hydrogens is 272 g/mol. The Balaban J connectivity index is -0.0000000400. The van der Waals surface area contributed by atoms with Crippen LogP contribution in [0.4, 0.5) is 0 Å². The van der Waals surface area contributed by atoms with Gasteiger partial charge in [0.2, 0.25) is 0 Å². The van der Waals surface area contributed by atoms with Crippen LogP contribution in [-0.4, -0.2) is 9.52 Å². The summed E-state index contributed by atoms with van der Waals surface area (Å²) in [5, 5.41) is 0. The molecule has 0 aromatic heterocycles. The van der Waals surface area contributed by atoms with E-state index in [0.29, 0.717) is 0 Å². The van der Waals surface area contributed by atoms with Gasteiger partial charge in [-0.05, 0) is 0 Å². The molecule has 0 aromatic carbocycles. The minimum atomic E-state index is 0. The molecule has 45 valence electrons. The Morgan fingerprint density at radius 1 is 1.14 bits per heavy atom. The molecule has 2 heteroatoms. The fourth-order valence-electron chi connectivity index (χ4n) is 0. The number of rotatable bonds is 0. The summed E-state index contributed by atoms with van der Waals surface area (Å²) in [6.45, 7) is 8.42. The third-order valence-electron chi connectivity index (χ3n) is 0. The minimum Gasteiger partial charge on any atom is -0.335 e. The van der Waals surface area contributed by atoms with E-state index in [1.807, 2.05) is 20.3 Å². The largest absolute Gasteiger partial charge is 0.335 e. The Hall–Kier alpha value is 0.905. The van der Waals surface area contributed by atoms with E-state index < -0.39 is 0 Å². The van der Waals surface area contributed by atoms with Crippen molar-refractivity contribution in [3.05, 3.63) is 6.42 Å². The van der Waals surface area contributed by atoms with Crippen LogP contribution in [-0.2, 0) is 21.1 Å². The molecule has 7 heavy (non-hydrogen) atoms. The van der Waals surface area contributed by atoms with Crippen LogP contribution in [0.1, 0.15) is 13.8 Å². The molecule has 0 rings (SSSR count). The van der Waals surface area contributed by atoms with Crippen molar-refractivity contribution in [1.29, 1.82) is 0 Å². The van der Waals surface area contributed by atoms with Crippen LogP contribution >= 0.6 is 0 Å². The van der Waals surface area contributed by atoms with Crippen LogP contribution in [0.3, 0.4) is 0 Å². The molecule has 0 aromatic rings. The first kappa shape index (κ1) is 15.7. The Morgan fingerprint density at radius 3 is 1.14 bits per heavy atom. The van der Waals surface area contributed by atoms with Gasteiger partial charge < -0.3 is 6.42 Å². The molecule has 0 aliphatic carbocycles. The van der Waals surface area contributed by atoms with Crippen molar-refractivity contribution in [3.8, 4) is 0 Å². The molecule has 0 unspecified atom stereocenters. The van der Waals surface area contributed by atoms with Crippen LogP contribution < -0.4 is 0 Å². The predicted octanol–water partition coefficient (Wildman–Crippen LogP) is 1.75. The maximum Gasteiger partial charge on any atom is 0.0213 e. The van der Waals surface area contributed by atoms with Gasteiger partial charge in [-0.1, -0.05) is 13.1 Å². The second-order valence-electron chi connectivity index (χ2n) is 1.15. The van der Waals surface area contributed by atoms with Gasteiger partial charge in [0.15, 0.2) is 0 Å². The van der Waals surface area contributed by atoms with Crippen molar-refractivity contribution in [2.24, 2.45) is 0 Å². The molecule has 0 N–H and O–H groups in total. The molecule has 0 nitrogen and oxygen atoms in total. The third kappa shape index (κ3) is 203. The Labute approximate surface area is 64.2 Å².